The highest BCUT2D eigenvalue weighted by Crippen LogP contribution is 2.29. The zero-order chi connectivity index (χ0) is 18.6. The number of carbonyl (C=O) groups excluding carboxylic acids is 1. The van der Waals surface area contributed by atoms with Crippen LogP contribution in [-0.2, 0) is 11.2 Å². The standard InChI is InChI=1S/C20H23N5OS/c21-16-5-3-14(4-6-16)7-9-22-19(26)15-2-1-10-25(12-15)18-17-8-11-27-20(17)24-13-23-18/h3-6,8,11,13,15H,1-2,7,9-10,12,21H2,(H,22,26). The molecule has 0 radical (unpaired) electrons. The van der Waals surface area contributed by atoms with Crippen LogP contribution in [0.3, 0.4) is 0 Å². The molecule has 0 saturated carbocycles. The molecule has 27 heavy (non-hydrogen) atoms. The number of nitrogens with one attached hydrogen (secondary N) is 1. The number of thiophene rings is 1. The van der Waals surface area contributed by atoms with E-state index >= 15 is 0 Å². The smallest absolute Gasteiger partial charge is 0.224 e. The first-order valence-corrected chi connectivity index (χ1v) is 10.1. The molecular formula is C20H23N5OS. The molecule has 1 aliphatic rings. The Balaban J connectivity index is 1.35. The summed E-state index contributed by atoms with van der Waals surface area (Å²) in [5.41, 5.74) is 7.64. The van der Waals surface area contributed by atoms with E-state index in [2.05, 4.69) is 26.3 Å². The minimum absolute atomic E-state index is 0.00572. The second-order valence-electron chi connectivity index (χ2n) is 6.90. The molecule has 2 aromatic heterocycles. The van der Waals surface area contributed by atoms with Crippen molar-refractivity contribution in [1.82, 2.24) is 15.3 Å². The van der Waals surface area contributed by atoms with E-state index in [1.807, 2.05) is 29.6 Å². The summed E-state index contributed by atoms with van der Waals surface area (Å²) in [6.45, 7) is 2.27. The van der Waals surface area contributed by atoms with Gasteiger partial charge in [-0.1, -0.05) is 12.1 Å². The summed E-state index contributed by atoms with van der Waals surface area (Å²) in [6.07, 6.45) is 4.34. The molecule has 0 aliphatic carbocycles. The van der Waals surface area contributed by atoms with Crippen molar-refractivity contribution in [3.8, 4) is 0 Å². The molecule has 7 heteroatoms. The predicted octanol–water partition coefficient (Wildman–Crippen LogP) is 2.85. The van der Waals surface area contributed by atoms with Gasteiger partial charge in [0, 0.05) is 25.3 Å². The minimum atomic E-state index is -0.00572. The average Bonchev–Trinajstić information content (AvgIpc) is 3.18. The topological polar surface area (TPSA) is 84.1 Å². The summed E-state index contributed by atoms with van der Waals surface area (Å²) in [7, 11) is 0. The van der Waals surface area contributed by atoms with E-state index in [4.69, 9.17) is 5.73 Å². The number of hydrogen-bond donors (Lipinski definition) is 2. The van der Waals surface area contributed by atoms with E-state index in [0.717, 1.165) is 47.5 Å². The van der Waals surface area contributed by atoms with Gasteiger partial charge < -0.3 is 16.0 Å². The van der Waals surface area contributed by atoms with Gasteiger partial charge in [0.25, 0.3) is 0 Å². The van der Waals surface area contributed by atoms with E-state index < -0.39 is 0 Å². The first-order valence-electron chi connectivity index (χ1n) is 9.26. The zero-order valence-corrected chi connectivity index (χ0v) is 15.9. The van der Waals surface area contributed by atoms with Crippen molar-refractivity contribution in [3.63, 3.8) is 0 Å². The molecule has 6 nitrogen and oxygen atoms in total. The van der Waals surface area contributed by atoms with Gasteiger partial charge in [-0.3, -0.25) is 4.79 Å². The summed E-state index contributed by atoms with van der Waals surface area (Å²) in [4.78, 5) is 24.7. The van der Waals surface area contributed by atoms with Crippen LogP contribution in [0.1, 0.15) is 18.4 Å². The van der Waals surface area contributed by atoms with Crippen molar-refractivity contribution < 1.29 is 4.79 Å². The third kappa shape index (κ3) is 4.03. The van der Waals surface area contributed by atoms with Gasteiger partial charge in [0.2, 0.25) is 5.91 Å². The molecule has 1 unspecified atom stereocenters. The molecule has 140 valence electrons. The lowest BCUT2D eigenvalue weighted by atomic mass is 9.97. The van der Waals surface area contributed by atoms with Gasteiger partial charge in [-0.2, -0.15) is 0 Å². The number of benzene rings is 1. The van der Waals surface area contributed by atoms with Crippen LogP contribution >= 0.6 is 11.3 Å². The predicted molar refractivity (Wildman–Crippen MR) is 110 cm³/mol. The van der Waals surface area contributed by atoms with E-state index in [-0.39, 0.29) is 11.8 Å². The highest BCUT2D eigenvalue weighted by molar-refractivity contribution is 7.16. The van der Waals surface area contributed by atoms with Crippen LogP contribution in [0.4, 0.5) is 11.5 Å². The fourth-order valence-electron chi connectivity index (χ4n) is 3.57. The van der Waals surface area contributed by atoms with Crippen LogP contribution in [0.25, 0.3) is 10.2 Å². The van der Waals surface area contributed by atoms with Gasteiger partial charge in [-0.15, -0.1) is 11.3 Å². The lowest BCUT2D eigenvalue weighted by molar-refractivity contribution is -0.125. The number of nitrogens with two attached hydrogens (primary N) is 1. The van der Waals surface area contributed by atoms with E-state index in [1.165, 1.54) is 5.56 Å². The Morgan fingerprint density at radius 2 is 2.11 bits per heavy atom. The molecule has 1 amide bonds. The van der Waals surface area contributed by atoms with E-state index in [1.54, 1.807) is 17.7 Å². The van der Waals surface area contributed by atoms with Crippen molar-refractivity contribution in [2.45, 2.75) is 19.3 Å². The van der Waals surface area contributed by atoms with Crippen molar-refractivity contribution >= 4 is 39.0 Å². The molecule has 3 heterocycles. The van der Waals surface area contributed by atoms with Gasteiger partial charge in [-0.05, 0) is 48.4 Å². The minimum Gasteiger partial charge on any atom is -0.399 e. The number of carbonyl (C=O) groups is 1. The van der Waals surface area contributed by atoms with Crippen LogP contribution in [-0.4, -0.2) is 35.5 Å². The van der Waals surface area contributed by atoms with Crippen LogP contribution in [0.5, 0.6) is 0 Å². The highest BCUT2D eigenvalue weighted by atomic mass is 32.1. The van der Waals surface area contributed by atoms with Gasteiger partial charge >= 0.3 is 0 Å². The molecule has 3 N–H and O–H groups in total. The van der Waals surface area contributed by atoms with Gasteiger partial charge in [0.15, 0.2) is 0 Å². The molecule has 1 aliphatic heterocycles. The van der Waals surface area contributed by atoms with Crippen LogP contribution in [0, 0.1) is 5.92 Å². The number of hydrogen-bond acceptors (Lipinski definition) is 6. The second-order valence-corrected chi connectivity index (χ2v) is 7.80. The van der Waals surface area contributed by atoms with Gasteiger partial charge in [0.05, 0.1) is 11.3 Å². The Kier molecular flexibility index (Phi) is 5.20. The van der Waals surface area contributed by atoms with Crippen molar-refractivity contribution in [2.24, 2.45) is 5.92 Å². The highest BCUT2D eigenvalue weighted by Gasteiger charge is 2.27. The molecule has 1 fully saturated rings. The number of anilines is 2. The third-order valence-electron chi connectivity index (χ3n) is 5.03. The molecule has 3 aromatic rings. The fourth-order valence-corrected chi connectivity index (χ4v) is 4.30. The molecule has 1 saturated heterocycles. The maximum Gasteiger partial charge on any atom is 0.224 e. The first kappa shape index (κ1) is 17.7. The fraction of sp³-hybridized carbons (Fsp3) is 0.350. The summed E-state index contributed by atoms with van der Waals surface area (Å²) >= 11 is 1.62. The number of rotatable bonds is 5. The Labute approximate surface area is 162 Å². The van der Waals surface area contributed by atoms with Crippen LogP contribution in [0.15, 0.2) is 42.0 Å². The largest absolute Gasteiger partial charge is 0.399 e. The van der Waals surface area contributed by atoms with Crippen molar-refractivity contribution in [1.29, 1.82) is 0 Å². The zero-order valence-electron chi connectivity index (χ0n) is 15.1. The van der Waals surface area contributed by atoms with Gasteiger partial charge in [-0.25, -0.2) is 9.97 Å². The number of nitrogens with zero attached hydrogens (tertiary/aromatic N) is 3. The summed E-state index contributed by atoms with van der Waals surface area (Å²) in [6, 6.07) is 9.86. The molecular weight excluding hydrogens is 358 g/mol. The Morgan fingerprint density at radius 1 is 1.26 bits per heavy atom. The maximum atomic E-state index is 12.6. The lowest BCUT2D eigenvalue weighted by Crippen LogP contribution is -2.43. The van der Waals surface area contributed by atoms with Crippen LogP contribution < -0.4 is 16.0 Å². The molecule has 0 bridgehead atoms. The van der Waals surface area contributed by atoms with E-state index in [9.17, 15) is 4.79 Å². The average molecular weight is 382 g/mol. The number of piperidine rings is 1. The normalized spacial score (nSPS) is 17.2. The number of fused-ring (bicyclic) bond motifs is 1. The molecule has 1 atom stereocenters. The summed E-state index contributed by atoms with van der Waals surface area (Å²) in [5.74, 6) is 1.07. The molecule has 1 aromatic carbocycles. The third-order valence-corrected chi connectivity index (χ3v) is 5.85. The maximum absolute atomic E-state index is 12.6. The SMILES string of the molecule is Nc1ccc(CCNC(=O)C2CCCN(c3ncnc4sccc34)C2)cc1. The van der Waals surface area contributed by atoms with E-state index in [0.29, 0.717) is 13.1 Å². The van der Waals surface area contributed by atoms with Crippen molar-refractivity contribution in [3.05, 3.63) is 47.6 Å². The quantitative estimate of drug-likeness (QED) is 0.664. The number of aromatic nitrogens is 2. The first-order chi connectivity index (χ1) is 13.2. The Bertz CT molecular complexity index is 924. The van der Waals surface area contributed by atoms with Crippen molar-refractivity contribution in [2.75, 3.05) is 30.3 Å². The second kappa shape index (κ2) is 7.92. The summed E-state index contributed by atoms with van der Waals surface area (Å²) in [5, 5.41) is 6.20. The number of amides is 1. The van der Waals surface area contributed by atoms with Crippen LogP contribution in [0.2, 0.25) is 0 Å². The molecule has 0 spiro atoms. The van der Waals surface area contributed by atoms with Gasteiger partial charge in [0.1, 0.15) is 17.0 Å². The monoisotopic (exact) mass is 381 g/mol. The molecule has 4 rings (SSSR count). The summed E-state index contributed by atoms with van der Waals surface area (Å²) < 4.78 is 0. The number of nitrogen functional groups attached to an aromatic ring is 1. The lowest BCUT2D eigenvalue weighted by Gasteiger charge is -2.33. The Hall–Kier alpha value is -2.67. The Morgan fingerprint density at radius 3 is 2.96 bits per heavy atom.